The topological polar surface area (TPSA) is 61.0 Å². The Balaban J connectivity index is 2.04. The summed E-state index contributed by atoms with van der Waals surface area (Å²) in [6, 6.07) is 0.524. The van der Waals surface area contributed by atoms with Crippen LogP contribution in [0.2, 0.25) is 0 Å². The Morgan fingerprint density at radius 1 is 1.35 bits per heavy atom. The number of carbonyl (C=O) groups excluding carboxylic acids is 1. The van der Waals surface area contributed by atoms with E-state index in [0.29, 0.717) is 24.0 Å². The summed E-state index contributed by atoms with van der Waals surface area (Å²) in [7, 11) is 0. The summed E-state index contributed by atoms with van der Waals surface area (Å²) in [5, 5.41) is 3.66. The number of rotatable bonds is 9. The van der Waals surface area contributed by atoms with E-state index in [1.54, 1.807) is 6.92 Å². The number of halogens is 1. The number of hydrogen-bond donors (Lipinski definition) is 2. The molecule has 1 aromatic heterocycles. The molecule has 1 fully saturated rings. The van der Waals surface area contributed by atoms with Crippen molar-refractivity contribution in [1.29, 1.82) is 0 Å². The van der Waals surface area contributed by atoms with E-state index < -0.39 is 0 Å². The van der Waals surface area contributed by atoms with Gasteiger partial charge in [0.2, 0.25) is 0 Å². The number of amides is 1. The largest absolute Gasteiger partial charge is 0.337 e. The maximum Gasteiger partial charge on any atom is 0.289 e. The van der Waals surface area contributed by atoms with Crippen LogP contribution in [0.4, 0.5) is 4.39 Å². The molecule has 2 N–H and O–H groups in total. The summed E-state index contributed by atoms with van der Waals surface area (Å²) >= 11 is 0. The van der Waals surface area contributed by atoms with Crippen molar-refractivity contribution in [2.75, 3.05) is 13.1 Å². The van der Waals surface area contributed by atoms with E-state index in [0.717, 1.165) is 37.8 Å². The fourth-order valence-electron chi connectivity index (χ4n) is 4.01. The standard InChI is InChI=1S/C25H37FN4O/c1-7-20(13-12-17(3)4)16-27-21-10-9-11-22(15-21)30(8-2)25(31)24-28-19(6)23(29-24)14-18(5)26/h7,12-14,21-22,27H,3,8-11,15-16H2,1-2,4-6H3,(H,28,29)/b13-12-,18-14+,20-7+. The first-order valence-corrected chi connectivity index (χ1v) is 11.2. The van der Waals surface area contributed by atoms with Gasteiger partial charge in [-0.2, -0.15) is 0 Å². The molecule has 1 aliphatic carbocycles. The van der Waals surface area contributed by atoms with E-state index in [1.807, 2.05) is 31.7 Å². The highest BCUT2D eigenvalue weighted by Crippen LogP contribution is 2.25. The number of nitrogens with one attached hydrogen (secondary N) is 2. The number of carbonyl (C=O) groups is 1. The molecule has 0 aliphatic heterocycles. The Morgan fingerprint density at radius 3 is 2.71 bits per heavy atom. The molecule has 170 valence electrons. The van der Waals surface area contributed by atoms with Crippen LogP contribution >= 0.6 is 0 Å². The molecule has 0 radical (unpaired) electrons. The number of aromatic amines is 1. The zero-order valence-electron chi connectivity index (χ0n) is 19.6. The molecule has 31 heavy (non-hydrogen) atoms. The first-order valence-electron chi connectivity index (χ1n) is 11.2. The monoisotopic (exact) mass is 428 g/mol. The maximum atomic E-state index is 13.3. The van der Waals surface area contributed by atoms with Crippen LogP contribution in [-0.2, 0) is 0 Å². The lowest BCUT2D eigenvalue weighted by atomic mass is 9.89. The van der Waals surface area contributed by atoms with Gasteiger partial charge < -0.3 is 15.2 Å². The van der Waals surface area contributed by atoms with Gasteiger partial charge in [-0.3, -0.25) is 4.79 Å². The number of H-pyrrole nitrogens is 1. The molecule has 1 aromatic rings. The second-order valence-electron chi connectivity index (χ2n) is 8.36. The van der Waals surface area contributed by atoms with Gasteiger partial charge in [0.25, 0.3) is 5.91 Å². The van der Waals surface area contributed by atoms with Gasteiger partial charge in [-0.15, -0.1) is 0 Å². The van der Waals surface area contributed by atoms with Crippen molar-refractivity contribution in [3.63, 3.8) is 0 Å². The number of imidazole rings is 1. The average Bonchev–Trinajstić information content (AvgIpc) is 3.08. The van der Waals surface area contributed by atoms with Crippen molar-refractivity contribution >= 4 is 12.0 Å². The van der Waals surface area contributed by atoms with Gasteiger partial charge in [-0.1, -0.05) is 30.4 Å². The lowest BCUT2D eigenvalue weighted by molar-refractivity contribution is 0.0618. The van der Waals surface area contributed by atoms with Gasteiger partial charge in [0, 0.05) is 30.9 Å². The van der Waals surface area contributed by atoms with E-state index >= 15 is 0 Å². The van der Waals surface area contributed by atoms with Gasteiger partial charge in [0.1, 0.15) is 0 Å². The summed E-state index contributed by atoms with van der Waals surface area (Å²) in [5.41, 5.74) is 3.43. The number of allylic oxidation sites excluding steroid dienone is 4. The Morgan fingerprint density at radius 2 is 2.10 bits per heavy atom. The molecule has 0 aromatic carbocycles. The molecule has 1 amide bonds. The van der Waals surface area contributed by atoms with E-state index in [-0.39, 0.29) is 23.6 Å². The molecule has 0 bridgehead atoms. The SMILES string of the molecule is C=C(C)/C=C\C(=C/C)CNC1CCCC(N(CC)C(=O)c2nc(/C=C(\C)F)c(C)[nH]2)C1. The first-order chi connectivity index (χ1) is 14.7. The quantitative estimate of drug-likeness (QED) is 0.511. The predicted molar refractivity (Wildman–Crippen MR) is 127 cm³/mol. The Labute approximate surface area is 186 Å². The minimum absolute atomic E-state index is 0.119. The Hall–Kier alpha value is -2.47. The van der Waals surface area contributed by atoms with Crippen LogP contribution in [0.5, 0.6) is 0 Å². The molecule has 0 spiro atoms. The third kappa shape index (κ3) is 7.31. The van der Waals surface area contributed by atoms with Crippen molar-refractivity contribution < 1.29 is 9.18 Å². The zero-order chi connectivity index (χ0) is 23.0. The lowest BCUT2D eigenvalue weighted by Gasteiger charge is -2.37. The van der Waals surface area contributed by atoms with E-state index in [2.05, 4.69) is 34.0 Å². The number of hydrogen-bond acceptors (Lipinski definition) is 3. The lowest BCUT2D eigenvalue weighted by Crippen LogP contribution is -2.47. The predicted octanol–water partition coefficient (Wildman–Crippen LogP) is 5.49. The van der Waals surface area contributed by atoms with Crippen LogP contribution < -0.4 is 5.32 Å². The minimum Gasteiger partial charge on any atom is -0.337 e. The Kier molecular flexibility index (Phi) is 9.44. The van der Waals surface area contributed by atoms with Crippen LogP contribution in [0, 0.1) is 6.92 Å². The van der Waals surface area contributed by atoms with Crippen molar-refractivity contribution in [1.82, 2.24) is 20.2 Å². The molecule has 2 atom stereocenters. The molecule has 2 unspecified atom stereocenters. The van der Waals surface area contributed by atoms with E-state index in [9.17, 15) is 9.18 Å². The summed E-state index contributed by atoms with van der Waals surface area (Å²) in [6.07, 6.45) is 11.7. The molecule has 2 rings (SSSR count). The summed E-state index contributed by atoms with van der Waals surface area (Å²) < 4.78 is 13.3. The third-order valence-corrected chi connectivity index (χ3v) is 5.70. The molecule has 6 heteroatoms. The van der Waals surface area contributed by atoms with Gasteiger partial charge in [-0.25, -0.2) is 9.37 Å². The van der Waals surface area contributed by atoms with Gasteiger partial charge >= 0.3 is 0 Å². The normalized spacial score (nSPS) is 20.3. The van der Waals surface area contributed by atoms with Crippen molar-refractivity contribution in [3.8, 4) is 0 Å². The summed E-state index contributed by atoms with van der Waals surface area (Å²) in [6.45, 7) is 14.5. The molecular formula is C25H37FN4O. The highest BCUT2D eigenvalue weighted by atomic mass is 19.1. The van der Waals surface area contributed by atoms with Crippen LogP contribution in [0.25, 0.3) is 6.08 Å². The average molecular weight is 429 g/mol. The van der Waals surface area contributed by atoms with Crippen LogP contribution in [0.15, 0.2) is 41.8 Å². The number of aryl methyl sites for hydroxylation is 1. The van der Waals surface area contributed by atoms with Gasteiger partial charge in [-0.05, 0) is 72.0 Å². The maximum absolute atomic E-state index is 13.3. The first kappa shape index (κ1) is 24.8. The zero-order valence-corrected chi connectivity index (χ0v) is 19.6. The third-order valence-electron chi connectivity index (χ3n) is 5.70. The van der Waals surface area contributed by atoms with Gasteiger partial charge in [0.15, 0.2) is 5.82 Å². The van der Waals surface area contributed by atoms with E-state index in [1.165, 1.54) is 18.6 Å². The fraction of sp³-hybridized carbons (Fsp3) is 0.520. The smallest absolute Gasteiger partial charge is 0.289 e. The van der Waals surface area contributed by atoms with Crippen LogP contribution in [0.3, 0.4) is 0 Å². The number of aromatic nitrogens is 2. The highest BCUT2D eigenvalue weighted by molar-refractivity contribution is 5.91. The molecule has 1 heterocycles. The second-order valence-corrected chi connectivity index (χ2v) is 8.36. The second kappa shape index (κ2) is 11.8. The summed E-state index contributed by atoms with van der Waals surface area (Å²) in [4.78, 5) is 22.4. The van der Waals surface area contributed by atoms with E-state index in [4.69, 9.17) is 0 Å². The molecular weight excluding hydrogens is 391 g/mol. The molecule has 0 saturated heterocycles. The van der Waals surface area contributed by atoms with Crippen molar-refractivity contribution in [2.45, 2.75) is 72.4 Å². The fourth-order valence-corrected chi connectivity index (χ4v) is 4.01. The molecule has 1 aliphatic rings. The number of nitrogens with zero attached hydrogens (tertiary/aromatic N) is 2. The summed E-state index contributed by atoms with van der Waals surface area (Å²) in [5.74, 6) is -0.172. The van der Waals surface area contributed by atoms with Crippen LogP contribution in [0.1, 0.15) is 75.4 Å². The van der Waals surface area contributed by atoms with Crippen LogP contribution in [-0.4, -0.2) is 45.9 Å². The Bertz CT molecular complexity index is 861. The van der Waals surface area contributed by atoms with Crippen molar-refractivity contribution in [2.24, 2.45) is 0 Å². The van der Waals surface area contributed by atoms with Crippen molar-refractivity contribution in [3.05, 3.63) is 59.0 Å². The molecule has 1 saturated carbocycles. The minimum atomic E-state index is -0.333. The van der Waals surface area contributed by atoms with Gasteiger partial charge in [0.05, 0.1) is 11.5 Å². The molecule has 5 nitrogen and oxygen atoms in total. The highest BCUT2D eigenvalue weighted by Gasteiger charge is 2.30.